The fraction of sp³-hybridized carbons (Fsp3) is 0.111. The smallest absolute Gasteiger partial charge is 0.289 e. The number of nitrogens with one attached hydrogen (secondary N) is 1. The normalized spacial score (nSPS) is 11.8. The maximum absolute atomic E-state index is 12.1. The van der Waals surface area contributed by atoms with E-state index in [2.05, 4.69) is 10.5 Å². The highest BCUT2D eigenvalue weighted by atomic mass is 32.2. The van der Waals surface area contributed by atoms with Gasteiger partial charge in [-0.05, 0) is 12.1 Å². The Morgan fingerprint density at radius 2 is 1.71 bits per heavy atom. The van der Waals surface area contributed by atoms with Gasteiger partial charge in [0.2, 0.25) is 5.76 Å². The summed E-state index contributed by atoms with van der Waals surface area (Å²) in [5.74, 6) is 0.115. The fourth-order valence-electron chi connectivity index (χ4n) is 2.16. The number of hydrogen-bond acceptors (Lipinski definition) is 4. The molecule has 1 heterocycles. The number of amides is 1. The molecule has 24 heavy (non-hydrogen) atoms. The van der Waals surface area contributed by atoms with Crippen LogP contribution >= 0.6 is 0 Å². The molecule has 1 N–H and O–H groups in total. The Hall–Kier alpha value is -2.73. The standard InChI is InChI=1S/C18H16N2O3S/c21-18(19-11-12-24(22)15-9-5-2-6-10-15)17-13-16(20-23-17)14-7-3-1-4-8-14/h1-10,13H,11-12H2,(H,19,21)/t24-/m0/s1. The number of hydrogen-bond donors (Lipinski definition) is 1. The Kier molecular flexibility index (Phi) is 5.18. The van der Waals surface area contributed by atoms with Crippen molar-refractivity contribution < 1.29 is 13.5 Å². The number of nitrogens with zero attached hydrogens (tertiary/aromatic N) is 1. The largest absolute Gasteiger partial charge is 0.350 e. The third-order valence-electron chi connectivity index (χ3n) is 3.38. The second kappa shape index (κ2) is 7.70. The van der Waals surface area contributed by atoms with E-state index < -0.39 is 10.8 Å². The van der Waals surface area contributed by atoms with Crippen LogP contribution in [0.2, 0.25) is 0 Å². The molecular formula is C18H16N2O3S. The first-order valence-corrected chi connectivity index (χ1v) is 8.80. The second-order valence-corrected chi connectivity index (χ2v) is 6.63. The minimum atomic E-state index is -1.14. The van der Waals surface area contributed by atoms with E-state index in [9.17, 15) is 9.00 Å². The predicted octanol–water partition coefficient (Wildman–Crippen LogP) is 2.88. The zero-order valence-electron chi connectivity index (χ0n) is 12.8. The molecule has 0 aliphatic rings. The molecule has 1 aromatic heterocycles. The van der Waals surface area contributed by atoms with Gasteiger partial charge in [-0.3, -0.25) is 9.00 Å². The molecule has 0 saturated carbocycles. The molecule has 0 aliphatic carbocycles. The van der Waals surface area contributed by atoms with E-state index in [4.69, 9.17) is 4.52 Å². The van der Waals surface area contributed by atoms with Crippen molar-refractivity contribution in [2.75, 3.05) is 12.3 Å². The summed E-state index contributed by atoms with van der Waals surface area (Å²) in [5, 5.41) is 6.60. The lowest BCUT2D eigenvalue weighted by atomic mass is 10.1. The third-order valence-corrected chi connectivity index (χ3v) is 4.76. The third kappa shape index (κ3) is 3.97. The quantitative estimate of drug-likeness (QED) is 0.749. The van der Waals surface area contributed by atoms with Gasteiger partial charge in [-0.1, -0.05) is 53.7 Å². The minimum Gasteiger partial charge on any atom is -0.350 e. The number of benzene rings is 2. The molecule has 0 radical (unpaired) electrons. The van der Waals surface area contributed by atoms with Crippen LogP contribution in [0.4, 0.5) is 0 Å². The van der Waals surface area contributed by atoms with Gasteiger partial charge >= 0.3 is 0 Å². The highest BCUT2D eigenvalue weighted by Gasteiger charge is 2.14. The SMILES string of the molecule is O=C(NCC[S@](=O)c1ccccc1)c1cc(-c2ccccc2)no1. The molecule has 0 fully saturated rings. The van der Waals surface area contributed by atoms with Crippen LogP contribution in [-0.4, -0.2) is 27.6 Å². The molecule has 0 unspecified atom stereocenters. The average molecular weight is 340 g/mol. The lowest BCUT2D eigenvalue weighted by molar-refractivity contribution is 0.0919. The van der Waals surface area contributed by atoms with Gasteiger partial charge in [-0.25, -0.2) is 0 Å². The lowest BCUT2D eigenvalue weighted by Crippen LogP contribution is -2.27. The second-order valence-electron chi connectivity index (χ2n) is 5.06. The summed E-state index contributed by atoms with van der Waals surface area (Å²) in [4.78, 5) is 12.8. The van der Waals surface area contributed by atoms with Crippen molar-refractivity contribution >= 4 is 16.7 Å². The van der Waals surface area contributed by atoms with Gasteiger partial charge in [-0.2, -0.15) is 0 Å². The first-order valence-electron chi connectivity index (χ1n) is 7.48. The molecule has 6 heteroatoms. The topological polar surface area (TPSA) is 72.2 Å². The Morgan fingerprint density at radius 3 is 2.42 bits per heavy atom. The van der Waals surface area contributed by atoms with E-state index in [0.717, 1.165) is 10.5 Å². The van der Waals surface area contributed by atoms with Crippen molar-refractivity contribution in [1.29, 1.82) is 0 Å². The van der Waals surface area contributed by atoms with Gasteiger partial charge in [0.1, 0.15) is 5.69 Å². The molecule has 5 nitrogen and oxygen atoms in total. The average Bonchev–Trinajstić information content (AvgIpc) is 3.13. The number of aromatic nitrogens is 1. The summed E-state index contributed by atoms with van der Waals surface area (Å²) >= 11 is 0. The molecule has 1 atom stereocenters. The molecule has 1 amide bonds. The molecule has 0 spiro atoms. The molecule has 3 aromatic rings. The van der Waals surface area contributed by atoms with Crippen LogP contribution in [0.3, 0.4) is 0 Å². The van der Waals surface area contributed by atoms with Crippen LogP contribution in [0.1, 0.15) is 10.6 Å². The zero-order chi connectivity index (χ0) is 16.8. The summed E-state index contributed by atoms with van der Waals surface area (Å²) in [6, 6.07) is 20.2. The van der Waals surface area contributed by atoms with Gasteiger partial charge < -0.3 is 9.84 Å². The van der Waals surface area contributed by atoms with Gasteiger partial charge in [-0.15, -0.1) is 0 Å². The van der Waals surface area contributed by atoms with Crippen molar-refractivity contribution in [3.8, 4) is 11.3 Å². The van der Waals surface area contributed by atoms with E-state index in [1.165, 1.54) is 0 Å². The van der Waals surface area contributed by atoms with Crippen LogP contribution in [0.15, 0.2) is 76.1 Å². The highest BCUT2D eigenvalue weighted by molar-refractivity contribution is 7.85. The molecule has 0 saturated heterocycles. The van der Waals surface area contributed by atoms with Crippen LogP contribution < -0.4 is 5.32 Å². The van der Waals surface area contributed by atoms with Crippen LogP contribution in [0, 0.1) is 0 Å². The van der Waals surface area contributed by atoms with E-state index in [1.54, 1.807) is 18.2 Å². The summed E-state index contributed by atoms with van der Waals surface area (Å²) in [6.07, 6.45) is 0. The maximum Gasteiger partial charge on any atom is 0.289 e. The predicted molar refractivity (Wildman–Crippen MR) is 92.0 cm³/mol. The molecule has 0 aliphatic heterocycles. The van der Waals surface area contributed by atoms with Crippen molar-refractivity contribution in [3.63, 3.8) is 0 Å². The Bertz CT molecular complexity index is 832. The van der Waals surface area contributed by atoms with E-state index >= 15 is 0 Å². The Balaban J connectivity index is 1.54. The van der Waals surface area contributed by atoms with Crippen LogP contribution in [0.5, 0.6) is 0 Å². The molecule has 2 aromatic carbocycles. The fourth-order valence-corrected chi connectivity index (χ4v) is 3.15. The first-order chi connectivity index (χ1) is 11.7. The number of carbonyl (C=O) groups is 1. The van der Waals surface area contributed by atoms with Gasteiger partial charge in [0.25, 0.3) is 5.91 Å². The monoisotopic (exact) mass is 340 g/mol. The summed E-state index contributed by atoms with van der Waals surface area (Å²) in [7, 11) is -1.14. The Morgan fingerprint density at radius 1 is 1.04 bits per heavy atom. The zero-order valence-corrected chi connectivity index (χ0v) is 13.7. The van der Waals surface area contributed by atoms with Crippen molar-refractivity contribution in [1.82, 2.24) is 10.5 Å². The van der Waals surface area contributed by atoms with Crippen LogP contribution in [0.25, 0.3) is 11.3 Å². The number of carbonyl (C=O) groups excluding carboxylic acids is 1. The van der Waals surface area contributed by atoms with E-state index in [-0.39, 0.29) is 11.7 Å². The molecular weight excluding hydrogens is 324 g/mol. The van der Waals surface area contributed by atoms with Gasteiger partial charge in [0.15, 0.2) is 0 Å². The summed E-state index contributed by atoms with van der Waals surface area (Å²) < 4.78 is 17.2. The van der Waals surface area contributed by atoms with Gasteiger partial charge in [0.05, 0.1) is 10.8 Å². The number of rotatable bonds is 6. The maximum atomic E-state index is 12.1. The van der Waals surface area contributed by atoms with Gasteiger partial charge in [0, 0.05) is 28.8 Å². The molecule has 122 valence electrons. The van der Waals surface area contributed by atoms with E-state index in [1.807, 2.05) is 48.5 Å². The van der Waals surface area contributed by atoms with Crippen molar-refractivity contribution in [2.45, 2.75) is 4.90 Å². The summed E-state index contributed by atoms with van der Waals surface area (Å²) in [6.45, 7) is 0.293. The van der Waals surface area contributed by atoms with Crippen molar-refractivity contribution in [2.24, 2.45) is 0 Å². The molecule has 3 rings (SSSR count). The Labute approximate surface area is 142 Å². The molecule has 0 bridgehead atoms. The lowest BCUT2D eigenvalue weighted by Gasteiger charge is -2.03. The van der Waals surface area contributed by atoms with E-state index in [0.29, 0.717) is 18.0 Å². The first kappa shape index (κ1) is 16.1. The highest BCUT2D eigenvalue weighted by Crippen LogP contribution is 2.18. The van der Waals surface area contributed by atoms with Crippen molar-refractivity contribution in [3.05, 3.63) is 72.5 Å². The minimum absolute atomic E-state index is 0.138. The summed E-state index contributed by atoms with van der Waals surface area (Å²) in [5.41, 5.74) is 1.49. The van der Waals surface area contributed by atoms with Crippen LogP contribution in [-0.2, 0) is 10.8 Å².